The van der Waals surface area contributed by atoms with Gasteiger partial charge in [-0.3, -0.25) is 0 Å². The molecule has 0 atom stereocenters. The van der Waals surface area contributed by atoms with Crippen LogP contribution in [0.3, 0.4) is 0 Å². The number of aromatic nitrogens is 3. The standard InChI is InChI=1S/C48H31N3O/c1-3-13-31(14-4-1)32-23-25-34(26-24-32)48-50-45(49-47(51-48)33-15-5-2-6-16-33)30-42-39(27-28-44-46(42)40-21-11-12-22-43(40)52-44)41-29-35-17-7-8-18-36(35)37-19-9-10-20-38(37)41/h1-29H,30H2. The molecule has 4 heteroatoms. The van der Waals surface area contributed by atoms with Gasteiger partial charge in [0, 0.05) is 28.3 Å². The fourth-order valence-electron chi connectivity index (χ4n) is 7.55. The van der Waals surface area contributed by atoms with E-state index in [9.17, 15) is 0 Å². The Morgan fingerprint density at radius 3 is 1.69 bits per heavy atom. The zero-order valence-electron chi connectivity index (χ0n) is 28.2. The number of benzene rings is 8. The van der Waals surface area contributed by atoms with Crippen LogP contribution in [0.15, 0.2) is 180 Å². The third-order valence-electron chi connectivity index (χ3n) is 10.0. The minimum absolute atomic E-state index is 0.481. The summed E-state index contributed by atoms with van der Waals surface area (Å²) in [6.45, 7) is 0. The minimum atomic E-state index is 0.481. The van der Waals surface area contributed by atoms with E-state index in [0.29, 0.717) is 23.9 Å². The molecule has 0 saturated heterocycles. The lowest BCUT2D eigenvalue weighted by Crippen LogP contribution is -2.05. The van der Waals surface area contributed by atoms with E-state index in [0.717, 1.165) is 49.8 Å². The summed E-state index contributed by atoms with van der Waals surface area (Å²) in [7, 11) is 0. The highest BCUT2D eigenvalue weighted by molar-refractivity contribution is 6.16. The van der Waals surface area contributed by atoms with Gasteiger partial charge in [-0.2, -0.15) is 0 Å². The number of furan rings is 1. The maximum absolute atomic E-state index is 6.46. The number of hydrogen-bond donors (Lipinski definition) is 0. The molecule has 0 aliphatic carbocycles. The SMILES string of the molecule is c1ccc(-c2ccc(-c3nc(Cc4c(-c5cc6ccccc6c6ccccc56)ccc5oc6ccccc6c45)nc(-c4ccccc4)n3)cc2)cc1. The molecule has 4 nitrogen and oxygen atoms in total. The van der Waals surface area contributed by atoms with Crippen molar-refractivity contribution in [3.8, 4) is 45.0 Å². The molecule has 0 fully saturated rings. The summed E-state index contributed by atoms with van der Waals surface area (Å²) in [5.41, 5.74) is 9.34. The van der Waals surface area contributed by atoms with Crippen LogP contribution in [0.1, 0.15) is 11.4 Å². The van der Waals surface area contributed by atoms with Crippen LogP contribution in [0.2, 0.25) is 0 Å². The lowest BCUT2D eigenvalue weighted by molar-refractivity contribution is 0.668. The maximum atomic E-state index is 6.46. The molecule has 0 aliphatic heterocycles. The van der Waals surface area contributed by atoms with Crippen molar-refractivity contribution in [3.63, 3.8) is 0 Å². The first-order valence-electron chi connectivity index (χ1n) is 17.6. The number of rotatable bonds is 6. The van der Waals surface area contributed by atoms with Crippen LogP contribution in [0.4, 0.5) is 0 Å². The Kier molecular flexibility index (Phi) is 7.17. The van der Waals surface area contributed by atoms with E-state index in [-0.39, 0.29) is 0 Å². The van der Waals surface area contributed by atoms with Crippen LogP contribution < -0.4 is 0 Å². The maximum Gasteiger partial charge on any atom is 0.163 e. The molecule has 10 aromatic rings. The molecule has 0 saturated carbocycles. The van der Waals surface area contributed by atoms with Crippen molar-refractivity contribution in [1.82, 2.24) is 15.0 Å². The monoisotopic (exact) mass is 665 g/mol. The van der Waals surface area contributed by atoms with E-state index in [1.807, 2.05) is 36.4 Å². The van der Waals surface area contributed by atoms with Gasteiger partial charge in [0.1, 0.15) is 17.0 Å². The van der Waals surface area contributed by atoms with Crippen LogP contribution >= 0.6 is 0 Å². The van der Waals surface area contributed by atoms with Gasteiger partial charge in [-0.1, -0.05) is 158 Å². The smallest absolute Gasteiger partial charge is 0.163 e. The predicted molar refractivity (Wildman–Crippen MR) is 213 cm³/mol. The molecule has 0 spiro atoms. The van der Waals surface area contributed by atoms with Crippen molar-refractivity contribution < 1.29 is 4.42 Å². The Balaban J connectivity index is 1.20. The molecule has 0 amide bonds. The molecule has 52 heavy (non-hydrogen) atoms. The van der Waals surface area contributed by atoms with E-state index < -0.39 is 0 Å². The highest BCUT2D eigenvalue weighted by Crippen LogP contribution is 2.42. The fraction of sp³-hybridized carbons (Fsp3) is 0.0208. The predicted octanol–water partition coefficient (Wildman–Crippen LogP) is 12.3. The lowest BCUT2D eigenvalue weighted by Gasteiger charge is -2.16. The molecule has 8 aromatic carbocycles. The third-order valence-corrected chi connectivity index (χ3v) is 10.0. The summed E-state index contributed by atoms with van der Waals surface area (Å²) < 4.78 is 6.46. The first-order valence-corrected chi connectivity index (χ1v) is 17.6. The first kappa shape index (κ1) is 30.0. The average Bonchev–Trinajstić information content (AvgIpc) is 3.61. The van der Waals surface area contributed by atoms with Gasteiger partial charge in [-0.25, -0.2) is 15.0 Å². The van der Waals surface area contributed by atoms with E-state index in [1.54, 1.807) is 0 Å². The molecule has 2 heterocycles. The highest BCUT2D eigenvalue weighted by Gasteiger charge is 2.21. The largest absolute Gasteiger partial charge is 0.456 e. The fourth-order valence-corrected chi connectivity index (χ4v) is 7.55. The molecule has 0 aliphatic rings. The Morgan fingerprint density at radius 2 is 0.942 bits per heavy atom. The van der Waals surface area contributed by atoms with Crippen LogP contribution in [-0.4, -0.2) is 15.0 Å². The summed E-state index contributed by atoms with van der Waals surface area (Å²) in [6, 6.07) is 61.3. The molecule has 10 rings (SSSR count). The van der Waals surface area contributed by atoms with E-state index >= 15 is 0 Å². The van der Waals surface area contributed by atoms with Crippen LogP contribution in [0.25, 0.3) is 88.5 Å². The second-order valence-electron chi connectivity index (χ2n) is 13.1. The molecular weight excluding hydrogens is 635 g/mol. The Labute approximate surface area is 300 Å². The van der Waals surface area contributed by atoms with E-state index in [4.69, 9.17) is 19.4 Å². The summed E-state index contributed by atoms with van der Waals surface area (Å²) in [6.07, 6.45) is 0.481. The van der Waals surface area contributed by atoms with Gasteiger partial charge in [0.25, 0.3) is 0 Å². The second-order valence-corrected chi connectivity index (χ2v) is 13.1. The summed E-state index contributed by atoms with van der Waals surface area (Å²) in [5, 5.41) is 7.04. The Morgan fingerprint density at radius 1 is 0.385 bits per heavy atom. The van der Waals surface area contributed by atoms with Gasteiger partial charge in [-0.15, -0.1) is 0 Å². The normalized spacial score (nSPS) is 11.5. The molecule has 0 radical (unpaired) electrons. The number of fused-ring (bicyclic) bond motifs is 6. The zero-order chi connectivity index (χ0) is 34.4. The first-order chi connectivity index (χ1) is 25.8. The average molecular weight is 666 g/mol. The number of nitrogens with zero attached hydrogens (tertiary/aromatic N) is 3. The zero-order valence-corrected chi connectivity index (χ0v) is 28.2. The molecule has 244 valence electrons. The Hall–Kier alpha value is -6.91. The van der Waals surface area contributed by atoms with Crippen molar-refractivity contribution >= 4 is 43.5 Å². The molecule has 0 N–H and O–H groups in total. The van der Waals surface area contributed by atoms with Gasteiger partial charge in [0.2, 0.25) is 0 Å². The van der Waals surface area contributed by atoms with E-state index in [2.05, 4.69) is 140 Å². The van der Waals surface area contributed by atoms with Gasteiger partial charge in [-0.05, 0) is 67.6 Å². The lowest BCUT2D eigenvalue weighted by atomic mass is 9.88. The Bertz CT molecular complexity index is 2910. The van der Waals surface area contributed by atoms with Crippen LogP contribution in [0.5, 0.6) is 0 Å². The van der Waals surface area contributed by atoms with Gasteiger partial charge in [0.15, 0.2) is 11.6 Å². The summed E-state index contributed by atoms with van der Waals surface area (Å²) in [5.74, 6) is 1.99. The van der Waals surface area contributed by atoms with E-state index in [1.165, 1.54) is 32.7 Å². The van der Waals surface area contributed by atoms with Crippen molar-refractivity contribution in [2.24, 2.45) is 0 Å². The quantitative estimate of drug-likeness (QED) is 0.166. The van der Waals surface area contributed by atoms with Gasteiger partial charge in [0.05, 0.1) is 0 Å². The summed E-state index contributed by atoms with van der Waals surface area (Å²) >= 11 is 0. The second kappa shape index (κ2) is 12.4. The minimum Gasteiger partial charge on any atom is -0.456 e. The topological polar surface area (TPSA) is 51.8 Å². The third kappa shape index (κ3) is 5.21. The van der Waals surface area contributed by atoms with Crippen LogP contribution in [0, 0.1) is 0 Å². The van der Waals surface area contributed by atoms with Crippen molar-refractivity contribution in [1.29, 1.82) is 0 Å². The van der Waals surface area contributed by atoms with Crippen molar-refractivity contribution in [3.05, 3.63) is 187 Å². The van der Waals surface area contributed by atoms with Crippen molar-refractivity contribution in [2.75, 3.05) is 0 Å². The highest BCUT2D eigenvalue weighted by atomic mass is 16.3. The van der Waals surface area contributed by atoms with Gasteiger partial charge >= 0.3 is 0 Å². The number of hydrogen-bond acceptors (Lipinski definition) is 4. The molecule has 0 unspecified atom stereocenters. The van der Waals surface area contributed by atoms with Gasteiger partial charge < -0.3 is 4.42 Å². The summed E-state index contributed by atoms with van der Waals surface area (Å²) in [4.78, 5) is 15.4. The molecule has 2 aromatic heterocycles. The van der Waals surface area contributed by atoms with Crippen LogP contribution in [-0.2, 0) is 6.42 Å². The molecular formula is C48H31N3O. The van der Waals surface area contributed by atoms with Crippen molar-refractivity contribution in [2.45, 2.75) is 6.42 Å². The molecule has 0 bridgehead atoms. The number of para-hydroxylation sites is 1.